The third kappa shape index (κ3) is 3.29. The van der Waals surface area contributed by atoms with E-state index in [2.05, 4.69) is 33.7 Å². The number of carbonyl (C=O) groups excluding carboxylic acids is 1. The molecule has 3 aromatic heterocycles. The molecule has 0 saturated heterocycles. The fourth-order valence-corrected chi connectivity index (χ4v) is 3.86. The Balaban J connectivity index is 1.70. The largest absolute Gasteiger partial charge is 0.466 e. The first kappa shape index (κ1) is 17.2. The summed E-state index contributed by atoms with van der Waals surface area (Å²) in [6.07, 6.45) is 3.13. The molecule has 136 valence electrons. The molecular formula is C20H17N3O3S. The number of thiophene rings is 1. The molecule has 0 aliphatic rings. The van der Waals surface area contributed by atoms with Crippen LogP contribution in [0.4, 0.5) is 0 Å². The van der Waals surface area contributed by atoms with Crippen LogP contribution in [-0.4, -0.2) is 27.2 Å². The number of rotatable bonds is 5. The van der Waals surface area contributed by atoms with E-state index in [4.69, 9.17) is 4.74 Å². The molecular weight excluding hydrogens is 362 g/mol. The molecule has 27 heavy (non-hydrogen) atoms. The van der Waals surface area contributed by atoms with Crippen molar-refractivity contribution in [1.29, 1.82) is 0 Å². The summed E-state index contributed by atoms with van der Waals surface area (Å²) in [7, 11) is 0. The van der Waals surface area contributed by atoms with Gasteiger partial charge in [0.2, 0.25) is 0 Å². The molecule has 0 bridgehead atoms. The van der Waals surface area contributed by atoms with E-state index in [1.54, 1.807) is 24.5 Å². The molecule has 0 saturated carbocycles. The van der Waals surface area contributed by atoms with Crippen molar-refractivity contribution in [3.05, 3.63) is 70.1 Å². The number of fused-ring (bicyclic) bond motifs is 1. The van der Waals surface area contributed by atoms with E-state index in [1.165, 1.54) is 10.7 Å². The van der Waals surface area contributed by atoms with Crippen molar-refractivity contribution in [3.63, 3.8) is 0 Å². The maximum absolute atomic E-state index is 12.6. The number of hydrogen-bond donors (Lipinski definition) is 1. The monoisotopic (exact) mass is 379 g/mol. The van der Waals surface area contributed by atoms with Crippen LogP contribution in [-0.2, 0) is 16.0 Å². The predicted octanol–water partition coefficient (Wildman–Crippen LogP) is 3.52. The van der Waals surface area contributed by atoms with Crippen LogP contribution in [0.25, 0.3) is 27.2 Å². The van der Waals surface area contributed by atoms with Crippen molar-refractivity contribution in [3.8, 4) is 21.6 Å². The van der Waals surface area contributed by atoms with Crippen molar-refractivity contribution in [1.82, 2.24) is 14.6 Å². The highest BCUT2D eigenvalue weighted by atomic mass is 32.1. The number of H-pyrrole nitrogens is 1. The van der Waals surface area contributed by atoms with Gasteiger partial charge >= 0.3 is 5.97 Å². The van der Waals surface area contributed by atoms with Gasteiger partial charge in [0.15, 0.2) is 5.65 Å². The summed E-state index contributed by atoms with van der Waals surface area (Å²) >= 11 is 1.59. The number of ether oxygens (including phenoxy) is 1. The minimum Gasteiger partial charge on any atom is -0.466 e. The van der Waals surface area contributed by atoms with Crippen LogP contribution in [0.15, 0.2) is 59.0 Å². The highest BCUT2D eigenvalue weighted by Gasteiger charge is 2.15. The quantitative estimate of drug-likeness (QED) is 0.538. The third-order valence-corrected chi connectivity index (χ3v) is 5.19. The van der Waals surface area contributed by atoms with Crippen molar-refractivity contribution < 1.29 is 9.53 Å². The van der Waals surface area contributed by atoms with Gasteiger partial charge in [0.1, 0.15) is 0 Å². The minimum absolute atomic E-state index is 0.0892. The van der Waals surface area contributed by atoms with Gasteiger partial charge in [-0.05, 0) is 29.5 Å². The van der Waals surface area contributed by atoms with Gasteiger partial charge in [0.25, 0.3) is 5.56 Å². The Bertz CT molecular complexity index is 1160. The number of nitrogens with zero attached hydrogens (tertiary/aromatic N) is 2. The summed E-state index contributed by atoms with van der Waals surface area (Å²) in [5.41, 5.74) is 3.66. The lowest BCUT2D eigenvalue weighted by Crippen LogP contribution is -2.22. The fourth-order valence-electron chi connectivity index (χ4n) is 2.92. The first-order valence-corrected chi connectivity index (χ1v) is 9.43. The first-order valence-electron chi connectivity index (χ1n) is 8.55. The van der Waals surface area contributed by atoms with Gasteiger partial charge in [0.05, 0.1) is 18.6 Å². The van der Waals surface area contributed by atoms with E-state index >= 15 is 0 Å². The van der Waals surface area contributed by atoms with E-state index in [-0.39, 0.29) is 18.6 Å². The number of esters is 1. The van der Waals surface area contributed by atoms with E-state index < -0.39 is 5.97 Å². The van der Waals surface area contributed by atoms with Crippen LogP contribution in [0, 0.1) is 0 Å². The Morgan fingerprint density at radius 3 is 2.85 bits per heavy atom. The predicted molar refractivity (Wildman–Crippen MR) is 105 cm³/mol. The number of benzene rings is 1. The summed E-state index contributed by atoms with van der Waals surface area (Å²) in [5, 5.41) is 5.03. The van der Waals surface area contributed by atoms with Crippen LogP contribution in [0.1, 0.15) is 12.5 Å². The van der Waals surface area contributed by atoms with Gasteiger partial charge in [-0.15, -0.1) is 11.3 Å². The average Bonchev–Trinajstić information content (AvgIpc) is 3.32. The molecule has 3 heterocycles. The normalized spacial score (nSPS) is 11.0. The first-order chi connectivity index (χ1) is 13.2. The van der Waals surface area contributed by atoms with Crippen LogP contribution >= 0.6 is 11.3 Å². The maximum atomic E-state index is 12.6. The van der Waals surface area contributed by atoms with Gasteiger partial charge in [0, 0.05) is 22.8 Å². The molecule has 0 radical (unpaired) electrons. The van der Waals surface area contributed by atoms with Crippen LogP contribution in [0.5, 0.6) is 0 Å². The minimum atomic E-state index is -0.436. The second kappa shape index (κ2) is 7.20. The molecule has 4 aromatic rings. The molecule has 0 fully saturated rings. The van der Waals surface area contributed by atoms with E-state index in [1.807, 2.05) is 18.2 Å². The zero-order valence-electron chi connectivity index (χ0n) is 14.6. The molecule has 7 heteroatoms. The molecule has 4 rings (SSSR count). The molecule has 0 spiro atoms. The van der Waals surface area contributed by atoms with Gasteiger partial charge in [-0.1, -0.05) is 30.3 Å². The second-order valence-corrected chi connectivity index (χ2v) is 6.89. The van der Waals surface area contributed by atoms with Gasteiger partial charge < -0.3 is 4.74 Å². The van der Waals surface area contributed by atoms with Crippen molar-refractivity contribution in [2.75, 3.05) is 6.61 Å². The van der Waals surface area contributed by atoms with Crippen LogP contribution in [0.2, 0.25) is 0 Å². The molecule has 6 nitrogen and oxygen atoms in total. The Hall–Kier alpha value is -3.19. The van der Waals surface area contributed by atoms with Crippen LogP contribution in [0.3, 0.4) is 0 Å². The zero-order chi connectivity index (χ0) is 18.8. The van der Waals surface area contributed by atoms with Crippen molar-refractivity contribution in [2.24, 2.45) is 0 Å². The van der Waals surface area contributed by atoms with Crippen molar-refractivity contribution in [2.45, 2.75) is 13.3 Å². The summed E-state index contributed by atoms with van der Waals surface area (Å²) in [5.74, 6) is -0.436. The number of hydrogen-bond acceptors (Lipinski definition) is 5. The Morgan fingerprint density at radius 2 is 2.07 bits per heavy atom. The number of carbonyl (C=O) groups is 1. The summed E-state index contributed by atoms with van der Waals surface area (Å²) in [6, 6.07) is 12.2. The summed E-state index contributed by atoms with van der Waals surface area (Å²) < 4.78 is 6.28. The van der Waals surface area contributed by atoms with Gasteiger partial charge in [-0.25, -0.2) is 9.50 Å². The van der Waals surface area contributed by atoms with Gasteiger partial charge in [-0.3, -0.25) is 14.7 Å². The van der Waals surface area contributed by atoms with E-state index in [0.29, 0.717) is 11.2 Å². The third-order valence-electron chi connectivity index (χ3n) is 4.22. The SMILES string of the molecule is CCOC(=O)Cc1cnc2c(-c3cc(-c4ccccc4)cs3)c[nH]n2c1=O. The van der Waals surface area contributed by atoms with Crippen LogP contribution < -0.4 is 5.56 Å². The topological polar surface area (TPSA) is 76.5 Å². The van der Waals surface area contributed by atoms with Gasteiger partial charge in [-0.2, -0.15) is 0 Å². The molecule has 0 aliphatic heterocycles. The second-order valence-electron chi connectivity index (χ2n) is 5.98. The molecule has 0 aliphatic carbocycles. The van der Waals surface area contributed by atoms with E-state index in [0.717, 1.165) is 21.6 Å². The smallest absolute Gasteiger partial charge is 0.310 e. The maximum Gasteiger partial charge on any atom is 0.310 e. The van der Waals surface area contributed by atoms with Crippen molar-refractivity contribution >= 4 is 23.0 Å². The fraction of sp³-hybridized carbons (Fsp3) is 0.150. The lowest BCUT2D eigenvalue weighted by molar-refractivity contribution is -0.142. The molecule has 1 N–H and O–H groups in total. The molecule has 0 unspecified atom stereocenters. The average molecular weight is 379 g/mol. The molecule has 0 atom stereocenters. The van der Waals surface area contributed by atoms with E-state index in [9.17, 15) is 9.59 Å². The highest BCUT2D eigenvalue weighted by molar-refractivity contribution is 7.14. The number of nitrogens with one attached hydrogen (secondary N) is 1. The lowest BCUT2D eigenvalue weighted by Gasteiger charge is -2.02. The molecule has 0 amide bonds. The Morgan fingerprint density at radius 1 is 1.26 bits per heavy atom. The number of aromatic amines is 1. The molecule has 1 aromatic carbocycles. The lowest BCUT2D eigenvalue weighted by atomic mass is 10.1. The summed E-state index contributed by atoms with van der Waals surface area (Å²) in [6.45, 7) is 2.01. The zero-order valence-corrected chi connectivity index (χ0v) is 15.5. The Labute approximate surface area is 159 Å². The standard InChI is InChI=1S/C20H17N3O3S/c1-2-26-18(24)9-14-10-21-19-16(11-22-23(19)20(14)25)17-8-15(12-27-17)13-6-4-3-5-7-13/h3-8,10-12,22H,2,9H2,1H3. The summed E-state index contributed by atoms with van der Waals surface area (Å²) in [4.78, 5) is 29.7. The highest BCUT2D eigenvalue weighted by Crippen LogP contribution is 2.33. The Kier molecular flexibility index (Phi) is 4.60. The number of aromatic nitrogens is 3.